The number of thiophene rings is 1. The number of benzene rings is 1. The molecule has 6 nitrogen and oxygen atoms in total. The third-order valence-electron chi connectivity index (χ3n) is 5.79. The summed E-state index contributed by atoms with van der Waals surface area (Å²) in [5, 5.41) is 7.62. The molecule has 0 saturated carbocycles. The summed E-state index contributed by atoms with van der Waals surface area (Å²) in [6, 6.07) is 9.44. The molecule has 0 bridgehead atoms. The maximum absolute atomic E-state index is 13.3. The second-order valence-corrected chi connectivity index (χ2v) is 8.83. The minimum Gasteiger partial charge on any atom is -0.462 e. The highest BCUT2D eigenvalue weighted by Gasteiger charge is 2.31. The van der Waals surface area contributed by atoms with Crippen LogP contribution < -0.4 is 5.32 Å². The van der Waals surface area contributed by atoms with Crippen LogP contribution in [0.3, 0.4) is 0 Å². The van der Waals surface area contributed by atoms with E-state index in [-0.39, 0.29) is 18.5 Å². The number of carbonyl (C=O) groups excluding carboxylic acids is 2. The van der Waals surface area contributed by atoms with E-state index in [0.29, 0.717) is 33.5 Å². The van der Waals surface area contributed by atoms with E-state index in [0.717, 1.165) is 36.8 Å². The highest BCUT2D eigenvalue weighted by molar-refractivity contribution is 7.17. The maximum Gasteiger partial charge on any atom is 0.341 e. The van der Waals surface area contributed by atoms with Crippen molar-refractivity contribution < 1.29 is 18.8 Å². The molecule has 7 heteroatoms. The van der Waals surface area contributed by atoms with Gasteiger partial charge in [0.05, 0.1) is 12.2 Å². The first-order valence-electron chi connectivity index (χ1n) is 10.7. The smallest absolute Gasteiger partial charge is 0.341 e. The lowest BCUT2D eigenvalue weighted by molar-refractivity contribution is 0.0526. The summed E-state index contributed by atoms with van der Waals surface area (Å²) in [4.78, 5) is 27.2. The molecule has 0 aliphatic heterocycles. The lowest BCUT2D eigenvalue weighted by Crippen LogP contribution is -2.17. The minimum absolute atomic E-state index is 0.289. The molecule has 0 fully saturated rings. The maximum atomic E-state index is 13.3. The van der Waals surface area contributed by atoms with Crippen LogP contribution in [0.5, 0.6) is 0 Å². The lowest BCUT2D eigenvalue weighted by Gasteiger charge is -2.20. The van der Waals surface area contributed by atoms with Crippen molar-refractivity contribution in [2.45, 2.75) is 46.5 Å². The Labute approximate surface area is 185 Å². The summed E-state index contributed by atoms with van der Waals surface area (Å²) >= 11 is 1.48. The molecule has 31 heavy (non-hydrogen) atoms. The van der Waals surface area contributed by atoms with Gasteiger partial charge in [-0.15, -0.1) is 11.3 Å². The number of aromatic nitrogens is 1. The van der Waals surface area contributed by atoms with Crippen molar-refractivity contribution in [3.05, 3.63) is 57.7 Å². The first-order valence-corrected chi connectivity index (χ1v) is 11.5. The molecule has 2 heterocycles. The number of hydrogen-bond acceptors (Lipinski definition) is 6. The van der Waals surface area contributed by atoms with Crippen LogP contribution in [0, 0.1) is 12.8 Å². The van der Waals surface area contributed by atoms with Crippen LogP contribution in [0.4, 0.5) is 5.00 Å². The van der Waals surface area contributed by atoms with Crippen LogP contribution in [0.25, 0.3) is 11.3 Å². The average molecular weight is 439 g/mol. The van der Waals surface area contributed by atoms with Crippen molar-refractivity contribution in [3.8, 4) is 11.3 Å². The molecule has 0 spiro atoms. The predicted octanol–water partition coefficient (Wildman–Crippen LogP) is 5.66. The van der Waals surface area contributed by atoms with E-state index in [2.05, 4.69) is 17.4 Å². The van der Waals surface area contributed by atoms with Crippen molar-refractivity contribution in [1.82, 2.24) is 5.16 Å². The minimum atomic E-state index is -0.379. The van der Waals surface area contributed by atoms with E-state index >= 15 is 0 Å². The predicted molar refractivity (Wildman–Crippen MR) is 121 cm³/mol. The van der Waals surface area contributed by atoms with Gasteiger partial charge in [0.25, 0.3) is 5.91 Å². The number of ether oxygens (including phenoxy) is 1. The van der Waals surface area contributed by atoms with Crippen LogP contribution >= 0.6 is 11.3 Å². The SMILES string of the molecule is CCOC(=O)c1c(NC(=O)c2c(-c3ccccc3)noc2C)sc2c1CCC(CC)C2. The average Bonchev–Trinajstić information content (AvgIpc) is 3.33. The molecule has 1 atom stereocenters. The number of hydrogen-bond donors (Lipinski definition) is 1. The number of rotatable bonds is 6. The van der Waals surface area contributed by atoms with Gasteiger partial charge in [0, 0.05) is 10.4 Å². The van der Waals surface area contributed by atoms with E-state index in [4.69, 9.17) is 9.26 Å². The fraction of sp³-hybridized carbons (Fsp3) is 0.375. The molecular weight excluding hydrogens is 412 g/mol. The Morgan fingerprint density at radius 2 is 2.00 bits per heavy atom. The van der Waals surface area contributed by atoms with Crippen molar-refractivity contribution >= 4 is 28.2 Å². The first kappa shape index (κ1) is 21.3. The van der Waals surface area contributed by atoms with Gasteiger partial charge >= 0.3 is 5.97 Å². The monoisotopic (exact) mass is 438 g/mol. The van der Waals surface area contributed by atoms with Crippen LogP contribution in [0.1, 0.15) is 63.6 Å². The Hall–Kier alpha value is -2.93. The highest BCUT2D eigenvalue weighted by Crippen LogP contribution is 2.41. The van der Waals surface area contributed by atoms with Crippen LogP contribution in [0.2, 0.25) is 0 Å². The van der Waals surface area contributed by atoms with Crippen molar-refractivity contribution in [2.75, 3.05) is 11.9 Å². The van der Waals surface area contributed by atoms with Crippen molar-refractivity contribution in [2.24, 2.45) is 5.92 Å². The van der Waals surface area contributed by atoms with E-state index in [1.54, 1.807) is 13.8 Å². The number of esters is 1. The molecule has 0 saturated heterocycles. The van der Waals surface area contributed by atoms with Crippen LogP contribution in [-0.4, -0.2) is 23.6 Å². The Kier molecular flexibility index (Phi) is 6.23. The number of carbonyl (C=O) groups is 2. The summed E-state index contributed by atoms with van der Waals surface area (Å²) in [5.41, 5.74) is 3.18. The van der Waals surface area contributed by atoms with Gasteiger partial charge in [0.2, 0.25) is 0 Å². The molecular formula is C24H26N2O4S. The van der Waals surface area contributed by atoms with E-state index in [1.807, 2.05) is 30.3 Å². The van der Waals surface area contributed by atoms with Gasteiger partial charge in [-0.1, -0.05) is 48.8 Å². The normalized spacial score (nSPS) is 15.4. The molecule has 1 aliphatic rings. The zero-order valence-electron chi connectivity index (χ0n) is 18.0. The molecule has 162 valence electrons. The summed E-state index contributed by atoms with van der Waals surface area (Å²) in [7, 11) is 0. The Balaban J connectivity index is 1.70. The molecule has 1 unspecified atom stereocenters. The first-order chi connectivity index (χ1) is 15.0. The summed E-state index contributed by atoms with van der Waals surface area (Å²) < 4.78 is 10.7. The van der Waals surface area contributed by atoms with Crippen LogP contribution in [-0.2, 0) is 17.6 Å². The topological polar surface area (TPSA) is 81.4 Å². The molecule has 1 amide bonds. The van der Waals surface area contributed by atoms with E-state index in [9.17, 15) is 9.59 Å². The molecule has 1 aliphatic carbocycles. The van der Waals surface area contributed by atoms with Gasteiger partial charge in [-0.2, -0.15) is 0 Å². The Morgan fingerprint density at radius 3 is 2.71 bits per heavy atom. The third-order valence-corrected chi connectivity index (χ3v) is 6.96. The highest BCUT2D eigenvalue weighted by atomic mass is 32.1. The Bertz CT molecular complexity index is 1100. The van der Waals surface area contributed by atoms with Gasteiger partial charge in [0.1, 0.15) is 22.0 Å². The van der Waals surface area contributed by atoms with Gasteiger partial charge in [-0.3, -0.25) is 4.79 Å². The fourth-order valence-electron chi connectivity index (χ4n) is 4.11. The summed E-state index contributed by atoms with van der Waals surface area (Å²) in [5.74, 6) is 0.320. The zero-order valence-corrected chi connectivity index (χ0v) is 18.8. The van der Waals surface area contributed by atoms with Gasteiger partial charge in [-0.05, 0) is 44.6 Å². The molecule has 1 aromatic carbocycles. The molecule has 3 aromatic rings. The van der Waals surface area contributed by atoms with Gasteiger partial charge < -0.3 is 14.6 Å². The zero-order chi connectivity index (χ0) is 22.0. The van der Waals surface area contributed by atoms with Crippen molar-refractivity contribution in [3.63, 3.8) is 0 Å². The summed E-state index contributed by atoms with van der Waals surface area (Å²) in [6.07, 6.45) is 3.91. The second kappa shape index (κ2) is 9.06. The number of amides is 1. The Morgan fingerprint density at radius 1 is 1.23 bits per heavy atom. The number of nitrogens with zero attached hydrogens (tertiary/aromatic N) is 1. The van der Waals surface area contributed by atoms with Crippen molar-refractivity contribution in [1.29, 1.82) is 0 Å². The number of aryl methyl sites for hydroxylation is 1. The third kappa shape index (κ3) is 4.14. The molecule has 0 radical (unpaired) electrons. The van der Waals surface area contributed by atoms with Gasteiger partial charge in [0.15, 0.2) is 0 Å². The number of fused-ring (bicyclic) bond motifs is 1. The number of nitrogens with one attached hydrogen (secondary N) is 1. The molecule has 2 aromatic heterocycles. The lowest BCUT2D eigenvalue weighted by atomic mass is 9.85. The second-order valence-electron chi connectivity index (χ2n) is 7.73. The van der Waals surface area contributed by atoms with E-state index < -0.39 is 0 Å². The quantitative estimate of drug-likeness (QED) is 0.503. The summed E-state index contributed by atoms with van der Waals surface area (Å²) in [6.45, 7) is 5.98. The van der Waals surface area contributed by atoms with E-state index in [1.165, 1.54) is 16.2 Å². The molecule has 4 rings (SSSR count). The number of anilines is 1. The largest absolute Gasteiger partial charge is 0.462 e. The fourth-order valence-corrected chi connectivity index (χ4v) is 5.45. The van der Waals surface area contributed by atoms with Gasteiger partial charge in [-0.25, -0.2) is 4.79 Å². The molecule has 1 N–H and O–H groups in total. The standard InChI is InChI=1S/C24H26N2O4S/c1-4-15-11-12-17-18(13-15)31-23(20(17)24(28)29-5-2)25-22(27)19-14(3)30-26-21(19)16-9-7-6-8-10-16/h6-10,15H,4-5,11-13H2,1-3H3,(H,25,27). The van der Waals surface area contributed by atoms with Crippen LogP contribution in [0.15, 0.2) is 34.9 Å².